The molecule has 0 saturated heterocycles. The molecule has 0 aromatic heterocycles. The molecule has 0 bridgehead atoms. The third-order valence-electron chi connectivity index (χ3n) is 3.61. The Morgan fingerprint density at radius 1 is 1.14 bits per heavy atom. The quantitative estimate of drug-likeness (QED) is 0.783. The Hall–Kier alpha value is -1.61. The van der Waals surface area contributed by atoms with Crippen molar-refractivity contribution in [2.45, 2.75) is 20.3 Å². The molecule has 2 rings (SSSR count). The van der Waals surface area contributed by atoms with E-state index < -0.39 is 0 Å². The number of nitrogens with zero attached hydrogens (tertiary/aromatic N) is 1. The van der Waals surface area contributed by atoms with Crippen molar-refractivity contribution < 1.29 is 4.79 Å². The molecule has 2 aromatic rings. The SMILES string of the molecule is CCN(CCc1ccccc1)C(=O)c1cc(Br)ccc1C. The van der Waals surface area contributed by atoms with Crippen molar-refractivity contribution in [3.63, 3.8) is 0 Å². The van der Waals surface area contributed by atoms with Crippen molar-refractivity contribution in [2.24, 2.45) is 0 Å². The van der Waals surface area contributed by atoms with Crippen LogP contribution in [0.2, 0.25) is 0 Å². The Morgan fingerprint density at radius 2 is 1.86 bits per heavy atom. The first-order chi connectivity index (χ1) is 10.1. The van der Waals surface area contributed by atoms with Gasteiger partial charge < -0.3 is 4.90 Å². The fourth-order valence-corrected chi connectivity index (χ4v) is 2.67. The lowest BCUT2D eigenvalue weighted by molar-refractivity contribution is 0.0765. The van der Waals surface area contributed by atoms with E-state index in [0.717, 1.165) is 35.1 Å². The van der Waals surface area contributed by atoms with Gasteiger partial charge in [-0.3, -0.25) is 4.79 Å². The third kappa shape index (κ3) is 4.18. The smallest absolute Gasteiger partial charge is 0.254 e. The van der Waals surface area contributed by atoms with Crippen LogP contribution >= 0.6 is 15.9 Å². The molecule has 2 nitrogen and oxygen atoms in total. The van der Waals surface area contributed by atoms with Gasteiger partial charge in [-0.2, -0.15) is 0 Å². The Kier molecular flexibility index (Phi) is 5.57. The van der Waals surface area contributed by atoms with E-state index in [1.807, 2.05) is 55.1 Å². The summed E-state index contributed by atoms with van der Waals surface area (Å²) in [6.45, 7) is 5.46. The van der Waals surface area contributed by atoms with E-state index in [4.69, 9.17) is 0 Å². The van der Waals surface area contributed by atoms with Gasteiger partial charge in [0.15, 0.2) is 0 Å². The highest BCUT2D eigenvalue weighted by molar-refractivity contribution is 9.10. The van der Waals surface area contributed by atoms with Crippen LogP contribution in [-0.4, -0.2) is 23.9 Å². The van der Waals surface area contributed by atoms with Crippen molar-refractivity contribution in [2.75, 3.05) is 13.1 Å². The molecule has 0 aliphatic rings. The maximum Gasteiger partial charge on any atom is 0.254 e. The van der Waals surface area contributed by atoms with Gasteiger partial charge in [-0.1, -0.05) is 52.3 Å². The number of hydrogen-bond donors (Lipinski definition) is 0. The van der Waals surface area contributed by atoms with E-state index in [1.54, 1.807) is 0 Å². The second-order valence-electron chi connectivity index (χ2n) is 5.08. The second kappa shape index (κ2) is 7.41. The van der Waals surface area contributed by atoms with Crippen molar-refractivity contribution in [3.8, 4) is 0 Å². The zero-order valence-electron chi connectivity index (χ0n) is 12.5. The highest BCUT2D eigenvalue weighted by Gasteiger charge is 2.16. The summed E-state index contributed by atoms with van der Waals surface area (Å²) in [6.07, 6.45) is 0.882. The summed E-state index contributed by atoms with van der Waals surface area (Å²) >= 11 is 3.44. The zero-order valence-corrected chi connectivity index (χ0v) is 14.1. The molecule has 0 saturated carbocycles. The lowest BCUT2D eigenvalue weighted by atomic mass is 10.1. The van der Waals surface area contributed by atoms with Gasteiger partial charge >= 0.3 is 0 Å². The predicted octanol–water partition coefficient (Wildman–Crippen LogP) is 4.46. The summed E-state index contributed by atoms with van der Waals surface area (Å²) in [6, 6.07) is 16.1. The van der Waals surface area contributed by atoms with E-state index in [9.17, 15) is 4.79 Å². The van der Waals surface area contributed by atoms with E-state index in [1.165, 1.54) is 5.56 Å². The molecule has 0 fully saturated rings. The maximum atomic E-state index is 12.7. The van der Waals surface area contributed by atoms with Crippen LogP contribution in [0.1, 0.15) is 28.4 Å². The van der Waals surface area contributed by atoms with E-state index >= 15 is 0 Å². The number of halogens is 1. The maximum absolute atomic E-state index is 12.7. The Labute approximate surface area is 134 Å². The predicted molar refractivity (Wildman–Crippen MR) is 90.6 cm³/mol. The first-order valence-corrected chi connectivity index (χ1v) is 8.00. The van der Waals surface area contributed by atoms with Crippen molar-refractivity contribution in [1.82, 2.24) is 4.90 Å². The molecule has 0 aliphatic carbocycles. The molecule has 0 spiro atoms. The molecule has 2 aromatic carbocycles. The van der Waals surface area contributed by atoms with Crippen LogP contribution in [0.5, 0.6) is 0 Å². The Bertz CT molecular complexity index is 610. The van der Waals surface area contributed by atoms with Gasteiger partial charge in [-0.25, -0.2) is 0 Å². The lowest BCUT2D eigenvalue weighted by Gasteiger charge is -2.22. The van der Waals surface area contributed by atoms with Gasteiger partial charge in [0.05, 0.1) is 0 Å². The van der Waals surface area contributed by atoms with Gasteiger partial charge in [0, 0.05) is 23.1 Å². The van der Waals surface area contributed by atoms with Gasteiger partial charge in [0.2, 0.25) is 0 Å². The average Bonchev–Trinajstić information content (AvgIpc) is 2.51. The standard InChI is InChI=1S/C18H20BrNO/c1-3-20(12-11-15-7-5-4-6-8-15)18(21)17-13-16(19)10-9-14(17)2/h4-10,13H,3,11-12H2,1-2H3. The van der Waals surface area contributed by atoms with Crippen molar-refractivity contribution >= 4 is 21.8 Å². The van der Waals surface area contributed by atoms with Crippen LogP contribution in [0.15, 0.2) is 53.0 Å². The van der Waals surface area contributed by atoms with Gasteiger partial charge in [0.1, 0.15) is 0 Å². The first kappa shape index (κ1) is 15.8. The number of amides is 1. The first-order valence-electron chi connectivity index (χ1n) is 7.21. The molecule has 0 aliphatic heterocycles. The molecule has 0 radical (unpaired) electrons. The van der Waals surface area contributed by atoms with Gasteiger partial charge in [-0.15, -0.1) is 0 Å². The number of likely N-dealkylation sites (N-methyl/N-ethyl adjacent to an activating group) is 1. The minimum absolute atomic E-state index is 0.104. The second-order valence-corrected chi connectivity index (χ2v) is 6.00. The molecule has 1 amide bonds. The molecular formula is C18H20BrNO. The van der Waals surface area contributed by atoms with Crippen LogP contribution in [0.4, 0.5) is 0 Å². The van der Waals surface area contributed by atoms with Crippen LogP contribution in [0.25, 0.3) is 0 Å². The van der Waals surface area contributed by atoms with Crippen molar-refractivity contribution in [3.05, 3.63) is 69.7 Å². The third-order valence-corrected chi connectivity index (χ3v) is 4.11. The minimum atomic E-state index is 0.104. The average molecular weight is 346 g/mol. The highest BCUT2D eigenvalue weighted by Crippen LogP contribution is 2.18. The monoisotopic (exact) mass is 345 g/mol. The number of carbonyl (C=O) groups excluding carboxylic acids is 1. The summed E-state index contributed by atoms with van der Waals surface area (Å²) < 4.78 is 0.940. The van der Waals surface area contributed by atoms with E-state index in [-0.39, 0.29) is 5.91 Å². The van der Waals surface area contributed by atoms with E-state index in [2.05, 4.69) is 28.1 Å². The van der Waals surface area contributed by atoms with Gasteiger partial charge in [0.25, 0.3) is 5.91 Å². The topological polar surface area (TPSA) is 20.3 Å². The number of rotatable bonds is 5. The van der Waals surface area contributed by atoms with Crippen LogP contribution in [0.3, 0.4) is 0 Å². The molecule has 0 N–H and O–H groups in total. The molecule has 0 unspecified atom stereocenters. The fourth-order valence-electron chi connectivity index (χ4n) is 2.31. The Morgan fingerprint density at radius 3 is 2.52 bits per heavy atom. The summed E-state index contributed by atoms with van der Waals surface area (Å²) in [5.74, 6) is 0.104. The highest BCUT2D eigenvalue weighted by atomic mass is 79.9. The zero-order chi connectivity index (χ0) is 15.2. The van der Waals surface area contributed by atoms with E-state index in [0.29, 0.717) is 0 Å². The number of hydrogen-bond acceptors (Lipinski definition) is 1. The summed E-state index contributed by atoms with van der Waals surface area (Å²) in [5.41, 5.74) is 3.05. The summed E-state index contributed by atoms with van der Waals surface area (Å²) in [7, 11) is 0. The summed E-state index contributed by atoms with van der Waals surface area (Å²) in [5, 5.41) is 0. The number of carbonyl (C=O) groups is 1. The van der Waals surface area contributed by atoms with Crippen LogP contribution in [-0.2, 0) is 6.42 Å². The van der Waals surface area contributed by atoms with Crippen LogP contribution < -0.4 is 0 Å². The lowest BCUT2D eigenvalue weighted by Crippen LogP contribution is -2.33. The largest absolute Gasteiger partial charge is 0.339 e. The molecular weight excluding hydrogens is 326 g/mol. The van der Waals surface area contributed by atoms with Gasteiger partial charge in [-0.05, 0) is 43.5 Å². The fraction of sp³-hybridized carbons (Fsp3) is 0.278. The van der Waals surface area contributed by atoms with Crippen molar-refractivity contribution in [1.29, 1.82) is 0 Å². The molecule has 21 heavy (non-hydrogen) atoms. The van der Waals surface area contributed by atoms with Crippen LogP contribution in [0, 0.1) is 6.92 Å². The summed E-state index contributed by atoms with van der Waals surface area (Å²) in [4.78, 5) is 14.6. The Balaban J connectivity index is 2.10. The number of benzene rings is 2. The molecule has 3 heteroatoms. The number of aryl methyl sites for hydroxylation is 1. The molecule has 0 heterocycles. The minimum Gasteiger partial charge on any atom is -0.339 e. The molecule has 110 valence electrons. The molecule has 0 atom stereocenters. The normalized spacial score (nSPS) is 10.4.